The standard InChI is InChI=1S/C21H14ClNO/c22-16-10-11-18-19(14-16)23-13-12-21(18)24-20-9-5-4-8-17(20)15-6-2-1-3-7-15/h1-14H. The van der Waals surface area contributed by atoms with Crippen LogP contribution in [0.2, 0.25) is 5.02 Å². The van der Waals surface area contributed by atoms with E-state index in [1.54, 1.807) is 6.20 Å². The number of hydrogen-bond acceptors (Lipinski definition) is 2. The molecule has 3 heteroatoms. The second-order valence-electron chi connectivity index (χ2n) is 5.43. The third-order valence-corrected chi connectivity index (χ3v) is 4.09. The van der Waals surface area contributed by atoms with Crippen molar-refractivity contribution in [2.45, 2.75) is 0 Å². The van der Waals surface area contributed by atoms with Gasteiger partial charge in [0, 0.05) is 22.2 Å². The molecule has 0 spiro atoms. The van der Waals surface area contributed by atoms with Crippen LogP contribution in [0, 0.1) is 0 Å². The van der Waals surface area contributed by atoms with Crippen molar-refractivity contribution < 1.29 is 4.74 Å². The minimum absolute atomic E-state index is 0.664. The molecule has 3 aromatic carbocycles. The van der Waals surface area contributed by atoms with E-state index in [0.717, 1.165) is 33.5 Å². The molecule has 0 saturated heterocycles. The molecule has 0 N–H and O–H groups in total. The van der Waals surface area contributed by atoms with E-state index >= 15 is 0 Å². The van der Waals surface area contributed by atoms with E-state index in [1.165, 1.54) is 0 Å². The minimum Gasteiger partial charge on any atom is -0.456 e. The Morgan fingerprint density at radius 1 is 0.750 bits per heavy atom. The summed E-state index contributed by atoms with van der Waals surface area (Å²) in [5.41, 5.74) is 2.99. The molecule has 0 atom stereocenters. The number of hydrogen-bond donors (Lipinski definition) is 0. The number of halogens is 1. The highest BCUT2D eigenvalue weighted by atomic mass is 35.5. The van der Waals surface area contributed by atoms with Crippen LogP contribution in [-0.4, -0.2) is 4.98 Å². The molecule has 0 fully saturated rings. The fraction of sp³-hybridized carbons (Fsp3) is 0. The number of pyridine rings is 1. The largest absolute Gasteiger partial charge is 0.456 e. The van der Waals surface area contributed by atoms with Crippen LogP contribution in [0.4, 0.5) is 0 Å². The number of rotatable bonds is 3. The molecule has 0 aliphatic carbocycles. The molecular formula is C21H14ClNO. The molecular weight excluding hydrogens is 318 g/mol. The maximum atomic E-state index is 6.23. The highest BCUT2D eigenvalue weighted by molar-refractivity contribution is 6.31. The molecule has 0 aliphatic heterocycles. The Kier molecular flexibility index (Phi) is 3.89. The van der Waals surface area contributed by atoms with Crippen molar-refractivity contribution >= 4 is 22.5 Å². The van der Waals surface area contributed by atoms with E-state index in [9.17, 15) is 0 Å². The number of benzene rings is 3. The summed E-state index contributed by atoms with van der Waals surface area (Å²) in [4.78, 5) is 4.36. The van der Waals surface area contributed by atoms with E-state index in [4.69, 9.17) is 16.3 Å². The van der Waals surface area contributed by atoms with Gasteiger partial charge < -0.3 is 4.74 Å². The summed E-state index contributed by atoms with van der Waals surface area (Å²) in [6, 6.07) is 25.7. The van der Waals surface area contributed by atoms with Gasteiger partial charge in [-0.3, -0.25) is 4.98 Å². The number of ether oxygens (including phenoxy) is 1. The first-order valence-corrected chi connectivity index (χ1v) is 8.06. The number of fused-ring (bicyclic) bond motifs is 1. The third-order valence-electron chi connectivity index (χ3n) is 3.86. The van der Waals surface area contributed by atoms with Gasteiger partial charge in [-0.2, -0.15) is 0 Å². The van der Waals surface area contributed by atoms with Gasteiger partial charge in [-0.05, 0) is 35.9 Å². The summed E-state index contributed by atoms with van der Waals surface area (Å²) in [6.45, 7) is 0. The van der Waals surface area contributed by atoms with Gasteiger partial charge >= 0.3 is 0 Å². The molecule has 116 valence electrons. The average molecular weight is 332 g/mol. The van der Waals surface area contributed by atoms with Gasteiger partial charge in [0.25, 0.3) is 0 Å². The molecule has 0 amide bonds. The smallest absolute Gasteiger partial charge is 0.138 e. The van der Waals surface area contributed by atoms with Crippen molar-refractivity contribution in [1.29, 1.82) is 0 Å². The molecule has 2 nitrogen and oxygen atoms in total. The molecule has 0 unspecified atom stereocenters. The SMILES string of the molecule is Clc1ccc2c(Oc3ccccc3-c3ccccc3)ccnc2c1. The summed E-state index contributed by atoms with van der Waals surface area (Å²) in [5.74, 6) is 1.58. The summed E-state index contributed by atoms with van der Waals surface area (Å²) in [5, 5.41) is 1.60. The highest BCUT2D eigenvalue weighted by Gasteiger charge is 2.09. The van der Waals surface area contributed by atoms with Gasteiger partial charge in [0.05, 0.1) is 5.52 Å². The molecule has 0 aliphatic rings. The molecule has 0 saturated carbocycles. The van der Waals surface area contributed by atoms with Gasteiger partial charge in [-0.25, -0.2) is 0 Å². The van der Waals surface area contributed by atoms with Crippen LogP contribution in [0.5, 0.6) is 11.5 Å². The Bertz CT molecular complexity index is 999. The zero-order chi connectivity index (χ0) is 16.4. The number of aromatic nitrogens is 1. The molecule has 1 heterocycles. The van der Waals surface area contributed by atoms with E-state index < -0.39 is 0 Å². The lowest BCUT2D eigenvalue weighted by Crippen LogP contribution is -1.90. The summed E-state index contributed by atoms with van der Waals surface area (Å²) < 4.78 is 6.23. The number of nitrogens with zero attached hydrogens (tertiary/aromatic N) is 1. The first-order valence-electron chi connectivity index (χ1n) is 7.68. The normalized spacial score (nSPS) is 10.7. The third kappa shape index (κ3) is 2.84. The monoisotopic (exact) mass is 331 g/mol. The summed E-state index contributed by atoms with van der Waals surface area (Å²) >= 11 is 6.06. The van der Waals surface area contributed by atoms with Crippen molar-refractivity contribution in [2.75, 3.05) is 0 Å². The second-order valence-corrected chi connectivity index (χ2v) is 5.87. The predicted octanol–water partition coefficient (Wildman–Crippen LogP) is 6.35. The van der Waals surface area contributed by atoms with Gasteiger partial charge in [-0.1, -0.05) is 60.1 Å². The van der Waals surface area contributed by atoms with E-state index in [2.05, 4.69) is 23.2 Å². The predicted molar refractivity (Wildman–Crippen MR) is 98.7 cm³/mol. The van der Waals surface area contributed by atoms with Crippen LogP contribution in [0.15, 0.2) is 85.1 Å². The zero-order valence-corrected chi connectivity index (χ0v) is 13.6. The van der Waals surface area contributed by atoms with Gasteiger partial charge in [-0.15, -0.1) is 0 Å². The Morgan fingerprint density at radius 2 is 1.54 bits per heavy atom. The van der Waals surface area contributed by atoms with Crippen LogP contribution < -0.4 is 4.74 Å². The summed E-state index contributed by atoms with van der Waals surface area (Å²) in [6.07, 6.45) is 1.74. The maximum absolute atomic E-state index is 6.23. The maximum Gasteiger partial charge on any atom is 0.138 e. The lowest BCUT2D eigenvalue weighted by molar-refractivity contribution is 0.490. The Balaban J connectivity index is 1.80. The fourth-order valence-corrected chi connectivity index (χ4v) is 2.88. The molecule has 4 aromatic rings. The Morgan fingerprint density at radius 3 is 2.42 bits per heavy atom. The molecule has 4 rings (SSSR count). The van der Waals surface area contributed by atoms with Crippen LogP contribution in [0.3, 0.4) is 0 Å². The van der Waals surface area contributed by atoms with Crippen molar-refractivity contribution in [1.82, 2.24) is 4.98 Å². The van der Waals surface area contributed by atoms with E-state index in [0.29, 0.717) is 5.02 Å². The lowest BCUT2D eigenvalue weighted by Gasteiger charge is -2.13. The van der Waals surface area contributed by atoms with Crippen LogP contribution in [0.1, 0.15) is 0 Å². The van der Waals surface area contributed by atoms with Gasteiger partial charge in [0.15, 0.2) is 0 Å². The summed E-state index contributed by atoms with van der Waals surface area (Å²) in [7, 11) is 0. The quantitative estimate of drug-likeness (QED) is 0.436. The second kappa shape index (κ2) is 6.34. The first kappa shape index (κ1) is 14.7. The topological polar surface area (TPSA) is 22.1 Å². The van der Waals surface area contributed by atoms with E-state index in [1.807, 2.05) is 60.7 Å². The zero-order valence-electron chi connectivity index (χ0n) is 12.8. The molecule has 0 radical (unpaired) electrons. The van der Waals surface area contributed by atoms with Crippen molar-refractivity contribution in [3.8, 4) is 22.6 Å². The minimum atomic E-state index is 0.664. The van der Waals surface area contributed by atoms with E-state index in [-0.39, 0.29) is 0 Å². The molecule has 0 bridgehead atoms. The average Bonchev–Trinajstić information content (AvgIpc) is 2.63. The molecule has 24 heavy (non-hydrogen) atoms. The lowest BCUT2D eigenvalue weighted by atomic mass is 10.0. The van der Waals surface area contributed by atoms with Gasteiger partial charge in [0.1, 0.15) is 11.5 Å². The highest BCUT2D eigenvalue weighted by Crippen LogP contribution is 2.35. The fourth-order valence-electron chi connectivity index (χ4n) is 2.71. The Hall–Kier alpha value is -2.84. The first-order chi connectivity index (χ1) is 11.8. The van der Waals surface area contributed by atoms with Crippen molar-refractivity contribution in [3.63, 3.8) is 0 Å². The van der Waals surface area contributed by atoms with Crippen molar-refractivity contribution in [3.05, 3.63) is 90.1 Å². The van der Waals surface area contributed by atoms with Crippen molar-refractivity contribution in [2.24, 2.45) is 0 Å². The Labute approximate surface area is 145 Å². The number of para-hydroxylation sites is 1. The molecule has 1 aromatic heterocycles. The van der Waals surface area contributed by atoms with Gasteiger partial charge in [0.2, 0.25) is 0 Å². The van der Waals surface area contributed by atoms with Crippen LogP contribution in [-0.2, 0) is 0 Å². The van der Waals surface area contributed by atoms with Crippen LogP contribution >= 0.6 is 11.6 Å². The van der Waals surface area contributed by atoms with Crippen LogP contribution in [0.25, 0.3) is 22.0 Å².